The van der Waals surface area contributed by atoms with E-state index in [0.717, 1.165) is 18.4 Å². The molecule has 2 aromatic rings. The van der Waals surface area contributed by atoms with Gasteiger partial charge in [0, 0.05) is 6.42 Å². The minimum absolute atomic E-state index is 0.332. The predicted octanol–water partition coefficient (Wildman–Crippen LogP) is 5.23. The van der Waals surface area contributed by atoms with Crippen LogP contribution in [0, 0.1) is 11.3 Å². The van der Waals surface area contributed by atoms with Crippen LogP contribution in [0.5, 0.6) is 0 Å². The Morgan fingerprint density at radius 2 is 1.88 bits per heavy atom. The molecule has 0 atom stereocenters. The second-order valence-corrected chi connectivity index (χ2v) is 6.37. The van der Waals surface area contributed by atoms with Crippen LogP contribution < -0.4 is 0 Å². The molecule has 5 nitrogen and oxygen atoms in total. The van der Waals surface area contributed by atoms with Crippen LogP contribution in [0.25, 0.3) is 0 Å². The molecule has 0 fully saturated rings. The summed E-state index contributed by atoms with van der Waals surface area (Å²) in [6.07, 6.45) is 9.77. The average Bonchev–Trinajstić information content (AvgIpc) is 3.05. The second kappa shape index (κ2) is 11.1. The van der Waals surface area contributed by atoms with Gasteiger partial charge in [-0.2, -0.15) is 10.3 Å². The summed E-state index contributed by atoms with van der Waals surface area (Å²) in [5.41, 5.74) is 1.47. The van der Waals surface area contributed by atoms with Crippen molar-refractivity contribution >= 4 is 11.7 Å². The van der Waals surface area contributed by atoms with E-state index in [1.165, 1.54) is 32.1 Å². The van der Waals surface area contributed by atoms with Crippen molar-refractivity contribution in [3.63, 3.8) is 0 Å². The first kappa shape index (κ1) is 19.7. The number of ether oxygens (including phenoxy) is 1. The number of imidazole rings is 1. The molecular formula is C21H28N4O. The molecule has 0 saturated carbocycles. The fourth-order valence-electron chi connectivity index (χ4n) is 2.85. The Kier molecular flexibility index (Phi) is 8.41. The average molecular weight is 352 g/mol. The van der Waals surface area contributed by atoms with Gasteiger partial charge in [0.15, 0.2) is 17.4 Å². The summed E-state index contributed by atoms with van der Waals surface area (Å²) < 4.78 is 7.35. The number of unbranched alkanes of at least 4 members (excludes halogenated alkanes) is 5. The van der Waals surface area contributed by atoms with Gasteiger partial charge in [0.2, 0.25) is 0 Å². The molecule has 0 saturated heterocycles. The molecule has 138 valence electrons. The minimum Gasteiger partial charge on any atom is -0.484 e. The van der Waals surface area contributed by atoms with E-state index in [2.05, 4.69) is 23.0 Å². The molecule has 26 heavy (non-hydrogen) atoms. The fourth-order valence-corrected chi connectivity index (χ4v) is 2.85. The van der Waals surface area contributed by atoms with E-state index in [-0.39, 0.29) is 0 Å². The van der Waals surface area contributed by atoms with Gasteiger partial charge in [0.25, 0.3) is 0 Å². The van der Waals surface area contributed by atoms with Crippen molar-refractivity contribution in [1.29, 1.82) is 5.26 Å². The lowest BCUT2D eigenvalue weighted by molar-refractivity contribution is 0.386. The van der Waals surface area contributed by atoms with Gasteiger partial charge in [0.05, 0.1) is 20.0 Å². The van der Waals surface area contributed by atoms with Gasteiger partial charge >= 0.3 is 0 Å². The Morgan fingerprint density at radius 3 is 2.58 bits per heavy atom. The van der Waals surface area contributed by atoms with E-state index in [1.54, 1.807) is 13.4 Å². The van der Waals surface area contributed by atoms with Crippen LogP contribution in [0.15, 0.2) is 41.7 Å². The molecule has 0 aliphatic carbocycles. The molecule has 1 aromatic heterocycles. The zero-order valence-corrected chi connectivity index (χ0v) is 15.8. The smallest absolute Gasteiger partial charge is 0.189 e. The van der Waals surface area contributed by atoms with Crippen LogP contribution in [0.4, 0.5) is 5.82 Å². The van der Waals surface area contributed by atoms with Crippen molar-refractivity contribution in [2.75, 3.05) is 7.11 Å². The Bertz CT molecular complexity index is 728. The summed E-state index contributed by atoms with van der Waals surface area (Å²) in [5.74, 6) is 1.23. The molecule has 5 heteroatoms. The van der Waals surface area contributed by atoms with Crippen molar-refractivity contribution in [3.8, 4) is 6.07 Å². The number of hydrogen-bond donors (Lipinski definition) is 0. The zero-order valence-electron chi connectivity index (χ0n) is 15.8. The maximum atomic E-state index is 9.34. The fraction of sp³-hybridized carbons (Fsp3) is 0.476. The monoisotopic (exact) mass is 352 g/mol. The molecule has 0 aliphatic heterocycles. The number of methoxy groups -OCH3 is 1. The second-order valence-electron chi connectivity index (χ2n) is 6.37. The van der Waals surface area contributed by atoms with Crippen LogP contribution in [-0.4, -0.2) is 22.6 Å². The Morgan fingerprint density at radius 1 is 1.15 bits per heavy atom. The lowest BCUT2D eigenvalue weighted by Gasteiger charge is -2.08. The van der Waals surface area contributed by atoms with Crippen LogP contribution in [0.3, 0.4) is 0 Å². The first-order valence-corrected chi connectivity index (χ1v) is 9.39. The number of hydrogen-bond acceptors (Lipinski definition) is 4. The number of aliphatic imine (C=N–C) groups is 1. The molecular weight excluding hydrogens is 324 g/mol. The van der Waals surface area contributed by atoms with Crippen LogP contribution >= 0.6 is 0 Å². The van der Waals surface area contributed by atoms with Crippen LogP contribution in [0.1, 0.15) is 63.1 Å². The topological polar surface area (TPSA) is 63.2 Å². The SMILES string of the molecule is CCCCCCCCC(=Nc1c(C#N)ncn1Cc1ccccc1)OC. The van der Waals surface area contributed by atoms with Gasteiger partial charge in [-0.25, -0.2) is 4.98 Å². The lowest BCUT2D eigenvalue weighted by Crippen LogP contribution is -2.04. The van der Waals surface area contributed by atoms with E-state index in [9.17, 15) is 5.26 Å². The van der Waals surface area contributed by atoms with E-state index in [4.69, 9.17) is 4.74 Å². The summed E-state index contributed by atoms with van der Waals surface area (Å²) >= 11 is 0. The Labute approximate surface area is 156 Å². The maximum absolute atomic E-state index is 9.34. The van der Waals surface area contributed by atoms with Gasteiger partial charge in [-0.15, -0.1) is 0 Å². The molecule has 1 aromatic carbocycles. The van der Waals surface area contributed by atoms with E-state index < -0.39 is 0 Å². The number of rotatable bonds is 10. The molecule has 1 heterocycles. The first-order valence-electron chi connectivity index (χ1n) is 9.39. The third-order valence-corrected chi connectivity index (χ3v) is 4.32. The van der Waals surface area contributed by atoms with Crippen molar-refractivity contribution < 1.29 is 4.74 Å². The lowest BCUT2D eigenvalue weighted by atomic mass is 10.1. The van der Waals surface area contributed by atoms with Crippen LogP contribution in [0.2, 0.25) is 0 Å². The summed E-state index contributed by atoms with van der Waals surface area (Å²) in [6, 6.07) is 12.2. The standard InChI is InChI=1S/C21H28N4O/c1-3-4-5-6-7-11-14-20(26-2)24-21-19(15-22)23-17-25(21)16-18-12-9-8-10-13-18/h8-10,12-13,17H,3-7,11,14,16H2,1-2H3. The number of aromatic nitrogens is 2. The summed E-state index contributed by atoms with van der Waals surface area (Å²) in [7, 11) is 1.64. The summed E-state index contributed by atoms with van der Waals surface area (Å²) in [5, 5.41) is 9.34. The zero-order chi connectivity index (χ0) is 18.6. The normalized spacial score (nSPS) is 11.3. The highest BCUT2D eigenvalue weighted by Crippen LogP contribution is 2.21. The van der Waals surface area contributed by atoms with Crippen molar-refractivity contribution in [1.82, 2.24) is 9.55 Å². The Balaban J connectivity index is 2.06. The third-order valence-electron chi connectivity index (χ3n) is 4.32. The van der Waals surface area contributed by atoms with Crippen LogP contribution in [-0.2, 0) is 11.3 Å². The molecule has 0 aliphatic rings. The highest BCUT2D eigenvalue weighted by molar-refractivity contribution is 5.79. The molecule has 0 spiro atoms. The maximum Gasteiger partial charge on any atom is 0.189 e. The molecule has 0 amide bonds. The van der Waals surface area contributed by atoms with Gasteiger partial charge in [-0.1, -0.05) is 69.4 Å². The van der Waals surface area contributed by atoms with E-state index >= 15 is 0 Å². The number of nitrogens with zero attached hydrogens (tertiary/aromatic N) is 4. The highest BCUT2D eigenvalue weighted by Gasteiger charge is 2.12. The molecule has 0 bridgehead atoms. The molecule has 2 rings (SSSR count). The third kappa shape index (κ3) is 6.03. The molecule has 0 N–H and O–H groups in total. The quantitative estimate of drug-likeness (QED) is 0.334. The van der Waals surface area contributed by atoms with E-state index in [1.807, 2.05) is 34.9 Å². The van der Waals surface area contributed by atoms with Crippen molar-refractivity contribution in [2.45, 2.75) is 58.4 Å². The van der Waals surface area contributed by atoms with Gasteiger partial charge < -0.3 is 9.30 Å². The predicted molar refractivity (Wildman–Crippen MR) is 105 cm³/mol. The first-order chi connectivity index (χ1) is 12.8. The van der Waals surface area contributed by atoms with E-state index in [0.29, 0.717) is 24.0 Å². The highest BCUT2D eigenvalue weighted by atomic mass is 16.5. The van der Waals surface area contributed by atoms with Gasteiger partial charge in [-0.3, -0.25) is 0 Å². The minimum atomic E-state index is 0.332. The van der Waals surface area contributed by atoms with Crippen molar-refractivity contribution in [2.24, 2.45) is 4.99 Å². The summed E-state index contributed by atoms with van der Waals surface area (Å²) in [6.45, 7) is 2.85. The van der Waals surface area contributed by atoms with Crippen molar-refractivity contribution in [3.05, 3.63) is 47.9 Å². The largest absolute Gasteiger partial charge is 0.484 e. The number of benzene rings is 1. The van der Waals surface area contributed by atoms with Gasteiger partial charge in [0.1, 0.15) is 6.07 Å². The summed E-state index contributed by atoms with van der Waals surface area (Å²) in [4.78, 5) is 8.80. The number of nitriles is 1. The van der Waals surface area contributed by atoms with Gasteiger partial charge in [-0.05, 0) is 12.0 Å². The Hall–Kier alpha value is -2.61. The molecule has 0 radical (unpaired) electrons. The molecule has 0 unspecified atom stereocenters.